The summed E-state index contributed by atoms with van der Waals surface area (Å²) < 4.78 is 0. The van der Waals surface area contributed by atoms with Gasteiger partial charge in [0.15, 0.2) is 0 Å². The van der Waals surface area contributed by atoms with Crippen LogP contribution in [0.4, 0.5) is 10.5 Å². The molecule has 118 valence electrons. The summed E-state index contributed by atoms with van der Waals surface area (Å²) in [6.07, 6.45) is -0.543. The topological polar surface area (TPSA) is 52.6 Å². The van der Waals surface area contributed by atoms with Crippen molar-refractivity contribution in [2.24, 2.45) is 0 Å². The van der Waals surface area contributed by atoms with Crippen molar-refractivity contribution in [3.63, 3.8) is 0 Å². The fourth-order valence-corrected chi connectivity index (χ4v) is 2.84. The average Bonchev–Trinajstić information content (AvgIpc) is 2.37. The van der Waals surface area contributed by atoms with E-state index < -0.39 is 6.10 Å². The van der Waals surface area contributed by atoms with Crippen LogP contribution in [0, 0.1) is 0 Å². The predicted octanol–water partition coefficient (Wildman–Crippen LogP) is 3.81. The molecule has 1 atom stereocenters. The van der Waals surface area contributed by atoms with Gasteiger partial charge in [0.25, 0.3) is 0 Å². The van der Waals surface area contributed by atoms with Crippen LogP contribution >= 0.6 is 11.8 Å². The monoisotopic (exact) mass is 310 g/mol. The van der Waals surface area contributed by atoms with Gasteiger partial charge in [0, 0.05) is 22.7 Å². The minimum absolute atomic E-state index is 0.0320. The molecule has 0 bridgehead atoms. The number of aliphatic hydroxyl groups excluding tert-OH is 1. The highest BCUT2D eigenvalue weighted by Gasteiger charge is 2.19. The van der Waals surface area contributed by atoms with Crippen molar-refractivity contribution in [2.45, 2.75) is 56.9 Å². The summed E-state index contributed by atoms with van der Waals surface area (Å²) in [4.78, 5) is 15.1. The Kier molecular flexibility index (Phi) is 7.05. The largest absolute Gasteiger partial charge is 0.392 e. The molecule has 0 aromatic heterocycles. The molecule has 0 spiro atoms. The van der Waals surface area contributed by atoms with Gasteiger partial charge in [-0.15, -0.1) is 11.8 Å². The van der Waals surface area contributed by atoms with Crippen molar-refractivity contribution < 1.29 is 9.90 Å². The van der Waals surface area contributed by atoms with Gasteiger partial charge in [-0.25, -0.2) is 4.79 Å². The molecular weight excluding hydrogens is 284 g/mol. The molecule has 1 aromatic rings. The second-order valence-corrected chi connectivity index (χ2v) is 7.31. The molecule has 0 aliphatic carbocycles. The molecule has 1 unspecified atom stereocenters. The van der Waals surface area contributed by atoms with Gasteiger partial charge >= 0.3 is 6.03 Å². The van der Waals surface area contributed by atoms with E-state index in [1.807, 2.05) is 38.1 Å². The zero-order chi connectivity index (χ0) is 16.0. The molecule has 0 radical (unpaired) electrons. The van der Waals surface area contributed by atoms with Gasteiger partial charge in [-0.05, 0) is 32.9 Å². The Hall–Kier alpha value is -1.20. The SMILES string of the molecule is CC(O)CN(C(=O)Nc1ccccc1SC(C)C)C(C)C. The first-order chi connectivity index (χ1) is 9.81. The number of thioether (sulfide) groups is 1. The van der Waals surface area contributed by atoms with Crippen LogP contribution in [0.2, 0.25) is 0 Å². The summed E-state index contributed by atoms with van der Waals surface area (Å²) >= 11 is 1.72. The molecule has 1 rings (SSSR count). The molecule has 21 heavy (non-hydrogen) atoms. The third-order valence-corrected chi connectivity index (χ3v) is 3.92. The normalized spacial score (nSPS) is 12.6. The lowest BCUT2D eigenvalue weighted by molar-refractivity contribution is 0.125. The number of anilines is 1. The highest BCUT2D eigenvalue weighted by atomic mass is 32.2. The number of hydrogen-bond donors (Lipinski definition) is 2. The third-order valence-electron chi connectivity index (χ3n) is 2.84. The molecule has 4 nitrogen and oxygen atoms in total. The van der Waals surface area contributed by atoms with Crippen molar-refractivity contribution in [3.05, 3.63) is 24.3 Å². The van der Waals surface area contributed by atoms with E-state index in [1.54, 1.807) is 23.6 Å². The van der Waals surface area contributed by atoms with Crippen molar-refractivity contribution in [1.82, 2.24) is 4.90 Å². The maximum atomic E-state index is 12.4. The minimum atomic E-state index is -0.543. The second kappa shape index (κ2) is 8.29. The third kappa shape index (κ3) is 5.98. The molecule has 0 aliphatic heterocycles. The van der Waals surface area contributed by atoms with E-state index >= 15 is 0 Å². The first-order valence-electron chi connectivity index (χ1n) is 7.32. The Morgan fingerprint density at radius 3 is 2.38 bits per heavy atom. The Bertz CT molecular complexity index is 461. The molecule has 0 fully saturated rings. The number of carbonyl (C=O) groups excluding carboxylic acids is 1. The molecule has 5 heteroatoms. The smallest absolute Gasteiger partial charge is 0.322 e. The van der Waals surface area contributed by atoms with Crippen LogP contribution < -0.4 is 5.32 Å². The summed E-state index contributed by atoms with van der Waals surface area (Å²) in [5.41, 5.74) is 0.817. The number of amides is 2. The van der Waals surface area contributed by atoms with Gasteiger partial charge < -0.3 is 15.3 Å². The van der Waals surface area contributed by atoms with Gasteiger partial charge in [-0.3, -0.25) is 0 Å². The van der Waals surface area contributed by atoms with Crippen molar-refractivity contribution in [1.29, 1.82) is 0 Å². The molecule has 2 amide bonds. The van der Waals surface area contributed by atoms with Gasteiger partial charge in [0.2, 0.25) is 0 Å². The van der Waals surface area contributed by atoms with E-state index in [0.29, 0.717) is 11.8 Å². The van der Waals surface area contributed by atoms with E-state index in [-0.39, 0.29) is 12.1 Å². The lowest BCUT2D eigenvalue weighted by Crippen LogP contribution is -2.43. The summed E-state index contributed by atoms with van der Waals surface area (Å²) in [7, 11) is 0. The van der Waals surface area contributed by atoms with Gasteiger partial charge in [0.05, 0.1) is 11.8 Å². The first kappa shape index (κ1) is 17.9. The van der Waals surface area contributed by atoms with Crippen molar-refractivity contribution >= 4 is 23.5 Å². The molecule has 1 aromatic carbocycles. The zero-order valence-electron chi connectivity index (χ0n) is 13.5. The average molecular weight is 310 g/mol. The summed E-state index contributed by atoms with van der Waals surface area (Å²) in [5, 5.41) is 12.9. The first-order valence-corrected chi connectivity index (χ1v) is 8.20. The maximum Gasteiger partial charge on any atom is 0.322 e. The van der Waals surface area contributed by atoms with E-state index in [2.05, 4.69) is 19.2 Å². The van der Waals surface area contributed by atoms with E-state index in [9.17, 15) is 9.90 Å². The van der Waals surface area contributed by atoms with Gasteiger partial charge in [-0.2, -0.15) is 0 Å². The standard InChI is InChI=1S/C16H26N2O2S/c1-11(2)18(10-13(5)19)16(20)17-14-8-6-7-9-15(14)21-12(3)4/h6-9,11-13,19H,10H2,1-5H3,(H,17,20). The van der Waals surface area contributed by atoms with Gasteiger partial charge in [0.1, 0.15) is 0 Å². The van der Waals surface area contributed by atoms with Crippen molar-refractivity contribution in [2.75, 3.05) is 11.9 Å². The number of aliphatic hydroxyl groups is 1. The van der Waals surface area contributed by atoms with Crippen LogP contribution in [0.25, 0.3) is 0 Å². The lowest BCUT2D eigenvalue weighted by atomic mass is 10.3. The number of rotatable bonds is 6. The lowest BCUT2D eigenvalue weighted by Gasteiger charge is -2.28. The van der Waals surface area contributed by atoms with Crippen LogP contribution in [0.5, 0.6) is 0 Å². The Morgan fingerprint density at radius 1 is 1.24 bits per heavy atom. The van der Waals surface area contributed by atoms with E-state index in [1.165, 1.54) is 0 Å². The van der Waals surface area contributed by atoms with Crippen LogP contribution in [-0.4, -0.2) is 40.0 Å². The summed E-state index contributed by atoms with van der Waals surface area (Å²) in [5.74, 6) is 0. The number of nitrogens with one attached hydrogen (secondary N) is 1. The van der Waals surface area contributed by atoms with Crippen LogP contribution in [0.1, 0.15) is 34.6 Å². The van der Waals surface area contributed by atoms with Crippen LogP contribution in [-0.2, 0) is 0 Å². The number of urea groups is 1. The number of nitrogens with zero attached hydrogens (tertiary/aromatic N) is 1. The zero-order valence-corrected chi connectivity index (χ0v) is 14.3. The van der Waals surface area contributed by atoms with Gasteiger partial charge in [-0.1, -0.05) is 26.0 Å². The maximum absolute atomic E-state index is 12.4. The molecule has 0 saturated carbocycles. The molecule has 0 heterocycles. The minimum Gasteiger partial charge on any atom is -0.392 e. The Labute approximate surface area is 131 Å². The molecular formula is C16H26N2O2S. The van der Waals surface area contributed by atoms with E-state index in [0.717, 1.165) is 10.6 Å². The van der Waals surface area contributed by atoms with Crippen molar-refractivity contribution in [3.8, 4) is 0 Å². The molecule has 0 saturated heterocycles. The number of hydrogen-bond acceptors (Lipinski definition) is 3. The fourth-order valence-electron chi connectivity index (χ4n) is 1.93. The molecule has 2 N–H and O–H groups in total. The number of carbonyl (C=O) groups is 1. The van der Waals surface area contributed by atoms with E-state index in [4.69, 9.17) is 0 Å². The quantitative estimate of drug-likeness (QED) is 0.786. The molecule has 0 aliphatic rings. The number of benzene rings is 1. The fraction of sp³-hybridized carbons (Fsp3) is 0.562. The Balaban J connectivity index is 2.86. The summed E-state index contributed by atoms with van der Waals surface area (Å²) in [6, 6.07) is 7.65. The second-order valence-electron chi connectivity index (χ2n) is 5.69. The van der Waals surface area contributed by atoms with Crippen LogP contribution in [0.15, 0.2) is 29.2 Å². The highest BCUT2D eigenvalue weighted by Crippen LogP contribution is 2.30. The predicted molar refractivity (Wildman–Crippen MR) is 90.0 cm³/mol. The van der Waals surface area contributed by atoms with Crippen LogP contribution in [0.3, 0.4) is 0 Å². The highest BCUT2D eigenvalue weighted by molar-refractivity contribution is 8.00. The summed E-state index contributed by atoms with van der Waals surface area (Å²) in [6.45, 7) is 10.1. The Morgan fingerprint density at radius 2 is 1.86 bits per heavy atom. The number of para-hydroxylation sites is 1.